The van der Waals surface area contributed by atoms with Crippen LogP contribution in [0.1, 0.15) is 36.2 Å². The van der Waals surface area contributed by atoms with E-state index in [0.717, 1.165) is 38.2 Å². The zero-order valence-corrected chi connectivity index (χ0v) is 19.9. The topological polar surface area (TPSA) is 99.2 Å². The number of sulfonamides is 1. The fraction of sp³-hybridized carbons (Fsp3) is 0.375. The summed E-state index contributed by atoms with van der Waals surface area (Å²) in [6.07, 6.45) is 4.30. The summed E-state index contributed by atoms with van der Waals surface area (Å²) in [7, 11) is -4.23. The molecule has 0 amide bonds. The van der Waals surface area contributed by atoms with Gasteiger partial charge in [0.15, 0.2) is 5.75 Å². The molecule has 34 heavy (non-hydrogen) atoms. The van der Waals surface area contributed by atoms with E-state index in [4.69, 9.17) is 4.74 Å². The van der Waals surface area contributed by atoms with Crippen molar-refractivity contribution >= 4 is 33.4 Å². The number of carboxylic acids is 1. The molecule has 182 valence electrons. The minimum atomic E-state index is -4.23. The highest BCUT2D eigenvalue weighted by atomic mass is 32.2. The van der Waals surface area contributed by atoms with Gasteiger partial charge in [0.25, 0.3) is 10.0 Å². The molecule has 4 rings (SSSR count). The Morgan fingerprint density at radius 3 is 2.71 bits per heavy atom. The molecule has 2 aromatic rings. The fourth-order valence-electron chi connectivity index (χ4n) is 4.26. The minimum Gasteiger partial charge on any atom is -0.488 e. The quantitative estimate of drug-likeness (QED) is 0.555. The minimum absolute atomic E-state index is 0.104. The van der Waals surface area contributed by atoms with Gasteiger partial charge in [-0.05, 0) is 55.4 Å². The molecular weight excluding hydrogens is 461 g/mol. The molecule has 0 radical (unpaired) electrons. The number of benzene rings is 2. The van der Waals surface area contributed by atoms with Crippen molar-refractivity contribution < 1.29 is 27.4 Å². The molecule has 0 aliphatic carbocycles. The molecule has 1 saturated heterocycles. The van der Waals surface area contributed by atoms with Crippen molar-refractivity contribution in [3.63, 3.8) is 0 Å². The van der Waals surface area contributed by atoms with Gasteiger partial charge in [-0.25, -0.2) is 17.6 Å². The first-order chi connectivity index (χ1) is 16.2. The number of anilines is 2. The van der Waals surface area contributed by atoms with Crippen LogP contribution in [-0.4, -0.2) is 63.2 Å². The van der Waals surface area contributed by atoms with Gasteiger partial charge in [0, 0.05) is 13.1 Å². The summed E-state index contributed by atoms with van der Waals surface area (Å²) in [6.45, 7) is 7.42. The van der Waals surface area contributed by atoms with Gasteiger partial charge in [-0.2, -0.15) is 0 Å². The van der Waals surface area contributed by atoms with Gasteiger partial charge < -0.3 is 19.6 Å². The van der Waals surface area contributed by atoms with Crippen LogP contribution in [-0.2, 0) is 10.0 Å². The summed E-state index contributed by atoms with van der Waals surface area (Å²) in [5.41, 5.74) is 0.471. The Kier molecular flexibility index (Phi) is 6.81. The molecule has 1 atom stereocenters. The van der Waals surface area contributed by atoms with Crippen molar-refractivity contribution in [1.82, 2.24) is 4.90 Å². The molecule has 8 nitrogen and oxygen atoms in total. The number of fused-ring (bicyclic) bond motifs is 3. The molecule has 0 aromatic heterocycles. The summed E-state index contributed by atoms with van der Waals surface area (Å²) in [5.74, 6) is -1.71. The van der Waals surface area contributed by atoms with Crippen LogP contribution in [0.3, 0.4) is 0 Å². The molecule has 2 aliphatic heterocycles. The summed E-state index contributed by atoms with van der Waals surface area (Å²) in [4.78, 5) is 16.1. The van der Waals surface area contributed by atoms with E-state index in [1.54, 1.807) is 18.2 Å². The Bertz CT molecular complexity index is 1230. The number of nitrogens with zero attached hydrogens (tertiary/aromatic N) is 2. The molecule has 2 aromatic carbocycles. The Hall–Kier alpha value is -3.11. The number of ether oxygens (including phenoxy) is 1. The number of hydrogen-bond donors (Lipinski definition) is 2. The lowest BCUT2D eigenvalue weighted by Gasteiger charge is -2.46. The SMILES string of the molecule is CCN(CC)CC=Cc1cc(F)ccc1S(=O)(=O)Nc1ccc2c(c1C(=O)O)OCC1CCN21. The van der Waals surface area contributed by atoms with Crippen LogP contribution in [0, 0.1) is 5.82 Å². The lowest BCUT2D eigenvalue weighted by atomic mass is 9.98. The maximum Gasteiger partial charge on any atom is 0.341 e. The first kappa shape index (κ1) is 24.0. The largest absolute Gasteiger partial charge is 0.488 e. The van der Waals surface area contributed by atoms with E-state index in [1.807, 2.05) is 13.8 Å². The van der Waals surface area contributed by atoms with Crippen LogP contribution < -0.4 is 14.4 Å². The van der Waals surface area contributed by atoms with Gasteiger partial charge in [0.1, 0.15) is 18.0 Å². The zero-order chi connectivity index (χ0) is 24.5. The lowest BCUT2D eigenvalue weighted by Crippen LogP contribution is -2.53. The first-order valence-corrected chi connectivity index (χ1v) is 12.7. The molecule has 0 saturated carbocycles. The summed E-state index contributed by atoms with van der Waals surface area (Å²) < 4.78 is 48.6. The third-order valence-electron chi connectivity index (χ3n) is 6.29. The van der Waals surface area contributed by atoms with Crippen molar-refractivity contribution in [2.24, 2.45) is 0 Å². The van der Waals surface area contributed by atoms with Crippen LogP contribution >= 0.6 is 0 Å². The Labute approximate surface area is 198 Å². The Balaban J connectivity index is 1.68. The summed E-state index contributed by atoms with van der Waals surface area (Å²) in [5, 5.41) is 9.87. The second-order valence-corrected chi connectivity index (χ2v) is 9.92. The molecule has 1 unspecified atom stereocenters. The number of hydrogen-bond acceptors (Lipinski definition) is 6. The summed E-state index contributed by atoms with van der Waals surface area (Å²) in [6, 6.07) is 6.69. The molecule has 0 bridgehead atoms. The predicted molar refractivity (Wildman–Crippen MR) is 129 cm³/mol. The number of aromatic carboxylic acids is 1. The van der Waals surface area contributed by atoms with Gasteiger partial charge in [-0.1, -0.05) is 26.0 Å². The standard InChI is InChI=1S/C24H28FN3O5S/c1-3-27(4-2)12-5-6-16-14-17(25)7-10-21(16)34(31,32)26-19-8-9-20-23(22(19)24(29)30)33-15-18-11-13-28(18)20/h5-10,14,18,26H,3-4,11-13,15H2,1-2H3,(H,29,30). The Morgan fingerprint density at radius 2 is 2.06 bits per heavy atom. The second-order valence-electron chi connectivity index (χ2n) is 8.26. The number of carboxylic acid groups (broad SMARTS) is 1. The van der Waals surface area contributed by atoms with Gasteiger partial charge in [0.2, 0.25) is 0 Å². The molecule has 2 heterocycles. The predicted octanol–water partition coefficient (Wildman–Crippen LogP) is 3.65. The summed E-state index contributed by atoms with van der Waals surface area (Å²) >= 11 is 0. The molecule has 2 aliphatic rings. The third-order valence-corrected chi connectivity index (χ3v) is 7.72. The smallest absolute Gasteiger partial charge is 0.341 e. The van der Waals surface area contributed by atoms with Gasteiger partial charge in [-0.3, -0.25) is 4.72 Å². The zero-order valence-electron chi connectivity index (χ0n) is 19.1. The third kappa shape index (κ3) is 4.60. The molecule has 2 N–H and O–H groups in total. The van der Waals surface area contributed by atoms with Crippen LogP contribution in [0.4, 0.5) is 15.8 Å². The van der Waals surface area contributed by atoms with Crippen molar-refractivity contribution in [3.8, 4) is 5.75 Å². The highest BCUT2D eigenvalue weighted by Crippen LogP contribution is 2.44. The highest BCUT2D eigenvalue weighted by Gasteiger charge is 2.37. The van der Waals surface area contributed by atoms with Crippen molar-refractivity contribution in [1.29, 1.82) is 0 Å². The highest BCUT2D eigenvalue weighted by molar-refractivity contribution is 7.92. The molecule has 10 heteroatoms. The average Bonchev–Trinajstić information content (AvgIpc) is 2.76. The van der Waals surface area contributed by atoms with E-state index in [1.165, 1.54) is 12.1 Å². The van der Waals surface area contributed by atoms with E-state index in [2.05, 4.69) is 14.5 Å². The van der Waals surface area contributed by atoms with E-state index >= 15 is 0 Å². The normalized spacial score (nSPS) is 17.2. The number of carbonyl (C=O) groups is 1. The number of nitrogens with one attached hydrogen (secondary N) is 1. The monoisotopic (exact) mass is 489 g/mol. The van der Waals surface area contributed by atoms with E-state index < -0.39 is 21.8 Å². The maximum absolute atomic E-state index is 14.0. The maximum atomic E-state index is 14.0. The van der Waals surface area contributed by atoms with Gasteiger partial charge in [-0.15, -0.1) is 0 Å². The van der Waals surface area contributed by atoms with Gasteiger partial charge in [0.05, 0.1) is 22.3 Å². The van der Waals surface area contributed by atoms with Crippen molar-refractivity contribution in [2.75, 3.05) is 42.4 Å². The molecule has 0 spiro atoms. The number of halogens is 1. The number of likely N-dealkylation sites (N-methyl/N-ethyl adjacent to an activating group) is 1. The van der Waals surface area contributed by atoms with Crippen molar-refractivity contribution in [3.05, 3.63) is 53.4 Å². The van der Waals surface area contributed by atoms with Gasteiger partial charge >= 0.3 is 5.97 Å². The van der Waals surface area contributed by atoms with Crippen LogP contribution in [0.15, 0.2) is 41.3 Å². The van der Waals surface area contributed by atoms with Crippen molar-refractivity contribution in [2.45, 2.75) is 31.2 Å². The average molecular weight is 490 g/mol. The van der Waals surface area contributed by atoms with E-state index in [9.17, 15) is 22.7 Å². The fourth-order valence-corrected chi connectivity index (χ4v) is 5.51. The first-order valence-electron chi connectivity index (χ1n) is 11.3. The second kappa shape index (κ2) is 9.63. The lowest BCUT2D eigenvalue weighted by molar-refractivity contribution is 0.0691. The molecule has 1 fully saturated rings. The van der Waals surface area contributed by atoms with E-state index in [-0.39, 0.29) is 33.5 Å². The van der Waals surface area contributed by atoms with Crippen LogP contribution in [0.5, 0.6) is 5.75 Å². The Morgan fingerprint density at radius 1 is 1.29 bits per heavy atom. The van der Waals surface area contributed by atoms with Crippen LogP contribution in [0.25, 0.3) is 6.08 Å². The molecular formula is C24H28FN3O5S. The number of rotatable bonds is 9. The van der Waals surface area contributed by atoms with E-state index in [0.29, 0.717) is 18.8 Å². The van der Waals surface area contributed by atoms with Crippen LogP contribution in [0.2, 0.25) is 0 Å².